The number of aliphatic hydroxyl groups is 1. The van der Waals surface area contributed by atoms with Crippen LogP contribution in [0.25, 0.3) is 0 Å². The maximum Gasteiger partial charge on any atom is 0.0462 e. The lowest BCUT2D eigenvalue weighted by molar-refractivity contribution is 0.217. The Morgan fingerprint density at radius 2 is 2.07 bits per heavy atom. The third-order valence-corrected chi connectivity index (χ3v) is 3.07. The van der Waals surface area contributed by atoms with E-state index < -0.39 is 0 Å². The first-order valence-electron chi connectivity index (χ1n) is 5.22. The second-order valence-corrected chi connectivity index (χ2v) is 4.62. The summed E-state index contributed by atoms with van der Waals surface area (Å²) in [4.78, 5) is 0. The summed E-state index contributed by atoms with van der Waals surface area (Å²) in [5.74, 6) is 0.300. The SMILES string of the molecule is CCCC(CO)Cc1ccc(Cl)cc1Cl. The molecule has 15 heavy (non-hydrogen) atoms. The van der Waals surface area contributed by atoms with Gasteiger partial charge in [-0.2, -0.15) is 0 Å². The van der Waals surface area contributed by atoms with E-state index >= 15 is 0 Å². The van der Waals surface area contributed by atoms with Crippen LogP contribution in [0.5, 0.6) is 0 Å². The van der Waals surface area contributed by atoms with Gasteiger partial charge in [-0.05, 0) is 36.5 Å². The standard InChI is InChI=1S/C12H16Cl2O/c1-2-3-9(8-15)6-10-4-5-11(13)7-12(10)14/h4-5,7,9,15H,2-3,6,8H2,1H3. The van der Waals surface area contributed by atoms with E-state index in [4.69, 9.17) is 23.2 Å². The summed E-state index contributed by atoms with van der Waals surface area (Å²) in [5.41, 5.74) is 1.06. The Balaban J connectivity index is 2.70. The van der Waals surface area contributed by atoms with Gasteiger partial charge in [-0.25, -0.2) is 0 Å². The Morgan fingerprint density at radius 1 is 1.33 bits per heavy atom. The van der Waals surface area contributed by atoms with Crippen molar-refractivity contribution >= 4 is 23.2 Å². The molecule has 0 fully saturated rings. The molecule has 0 aliphatic heterocycles. The molecule has 0 saturated carbocycles. The number of halogens is 2. The van der Waals surface area contributed by atoms with Crippen molar-refractivity contribution in [3.63, 3.8) is 0 Å². The zero-order valence-corrected chi connectivity index (χ0v) is 10.4. The predicted octanol–water partition coefficient (Wildman–Crippen LogP) is 3.94. The molecule has 1 N–H and O–H groups in total. The van der Waals surface area contributed by atoms with Gasteiger partial charge in [0, 0.05) is 16.7 Å². The maximum atomic E-state index is 9.19. The molecular formula is C12H16Cl2O. The largest absolute Gasteiger partial charge is 0.396 e. The predicted molar refractivity (Wildman–Crippen MR) is 65.6 cm³/mol. The number of benzene rings is 1. The van der Waals surface area contributed by atoms with Crippen molar-refractivity contribution in [2.75, 3.05) is 6.61 Å². The molecule has 0 saturated heterocycles. The topological polar surface area (TPSA) is 20.2 Å². The van der Waals surface area contributed by atoms with Gasteiger partial charge in [-0.15, -0.1) is 0 Å². The minimum absolute atomic E-state index is 0.215. The minimum atomic E-state index is 0.215. The van der Waals surface area contributed by atoms with Crippen molar-refractivity contribution in [2.45, 2.75) is 26.2 Å². The lowest BCUT2D eigenvalue weighted by atomic mass is 9.96. The first-order valence-corrected chi connectivity index (χ1v) is 5.97. The molecule has 1 aromatic carbocycles. The molecule has 1 aromatic rings. The number of hydrogen-bond donors (Lipinski definition) is 1. The monoisotopic (exact) mass is 246 g/mol. The van der Waals surface area contributed by atoms with Crippen molar-refractivity contribution in [1.82, 2.24) is 0 Å². The highest BCUT2D eigenvalue weighted by atomic mass is 35.5. The van der Waals surface area contributed by atoms with Gasteiger partial charge in [0.25, 0.3) is 0 Å². The zero-order valence-electron chi connectivity index (χ0n) is 8.84. The quantitative estimate of drug-likeness (QED) is 0.835. The fourth-order valence-electron chi connectivity index (χ4n) is 1.66. The Labute approximate surface area is 101 Å². The van der Waals surface area contributed by atoms with E-state index in [0.29, 0.717) is 16.0 Å². The first-order chi connectivity index (χ1) is 7.17. The fourth-order valence-corrected chi connectivity index (χ4v) is 2.15. The molecule has 1 atom stereocenters. The van der Waals surface area contributed by atoms with Crippen LogP contribution >= 0.6 is 23.2 Å². The summed E-state index contributed by atoms with van der Waals surface area (Å²) in [7, 11) is 0. The van der Waals surface area contributed by atoms with E-state index in [1.54, 1.807) is 6.07 Å². The highest BCUT2D eigenvalue weighted by molar-refractivity contribution is 6.35. The second-order valence-electron chi connectivity index (χ2n) is 3.78. The van der Waals surface area contributed by atoms with Crippen molar-refractivity contribution < 1.29 is 5.11 Å². The molecule has 1 nitrogen and oxygen atoms in total. The molecule has 1 rings (SSSR count). The van der Waals surface area contributed by atoms with Gasteiger partial charge in [0.05, 0.1) is 0 Å². The summed E-state index contributed by atoms with van der Waals surface area (Å²) < 4.78 is 0. The molecular weight excluding hydrogens is 231 g/mol. The number of hydrogen-bond acceptors (Lipinski definition) is 1. The third-order valence-electron chi connectivity index (χ3n) is 2.48. The van der Waals surface area contributed by atoms with Crippen LogP contribution in [0.1, 0.15) is 25.3 Å². The molecule has 0 aromatic heterocycles. The average molecular weight is 247 g/mol. The molecule has 0 spiro atoms. The van der Waals surface area contributed by atoms with Crippen molar-refractivity contribution in [1.29, 1.82) is 0 Å². The van der Waals surface area contributed by atoms with Crippen LogP contribution in [0, 0.1) is 5.92 Å². The minimum Gasteiger partial charge on any atom is -0.396 e. The summed E-state index contributed by atoms with van der Waals surface area (Å²) in [6.45, 7) is 2.33. The molecule has 3 heteroatoms. The van der Waals surface area contributed by atoms with E-state index in [1.807, 2.05) is 12.1 Å². The van der Waals surface area contributed by atoms with Gasteiger partial charge in [0.15, 0.2) is 0 Å². The Kier molecular flexibility index (Phi) is 5.44. The van der Waals surface area contributed by atoms with Crippen LogP contribution in [0.3, 0.4) is 0 Å². The van der Waals surface area contributed by atoms with E-state index in [0.717, 1.165) is 24.8 Å². The van der Waals surface area contributed by atoms with Crippen molar-refractivity contribution in [3.05, 3.63) is 33.8 Å². The lowest BCUT2D eigenvalue weighted by Crippen LogP contribution is -2.09. The molecule has 84 valence electrons. The smallest absolute Gasteiger partial charge is 0.0462 e. The van der Waals surface area contributed by atoms with E-state index in [2.05, 4.69) is 6.92 Å². The van der Waals surface area contributed by atoms with Gasteiger partial charge in [0.2, 0.25) is 0 Å². The van der Waals surface area contributed by atoms with Gasteiger partial charge in [0.1, 0.15) is 0 Å². The van der Waals surface area contributed by atoms with Gasteiger partial charge >= 0.3 is 0 Å². The molecule has 0 radical (unpaired) electrons. The normalized spacial score (nSPS) is 12.8. The van der Waals surface area contributed by atoms with Crippen molar-refractivity contribution in [3.8, 4) is 0 Å². The van der Waals surface area contributed by atoms with Crippen LogP contribution in [0.2, 0.25) is 10.0 Å². The van der Waals surface area contributed by atoms with Crippen LogP contribution in [0.4, 0.5) is 0 Å². The maximum absolute atomic E-state index is 9.19. The van der Waals surface area contributed by atoms with E-state index in [9.17, 15) is 5.11 Å². The molecule has 0 bridgehead atoms. The molecule has 0 heterocycles. The van der Waals surface area contributed by atoms with Gasteiger partial charge in [-0.1, -0.05) is 42.6 Å². The summed E-state index contributed by atoms with van der Waals surface area (Å²) in [6.07, 6.45) is 2.92. The average Bonchev–Trinajstić information content (AvgIpc) is 2.21. The van der Waals surface area contributed by atoms with Crippen LogP contribution < -0.4 is 0 Å². The van der Waals surface area contributed by atoms with Gasteiger partial charge in [-0.3, -0.25) is 0 Å². The summed E-state index contributed by atoms with van der Waals surface area (Å²) in [6, 6.07) is 5.52. The zero-order chi connectivity index (χ0) is 11.3. The molecule has 0 aliphatic rings. The number of rotatable bonds is 5. The number of aliphatic hydroxyl groups excluding tert-OH is 1. The highest BCUT2D eigenvalue weighted by Crippen LogP contribution is 2.24. The van der Waals surface area contributed by atoms with Gasteiger partial charge < -0.3 is 5.11 Å². The third kappa shape index (κ3) is 4.02. The molecule has 0 amide bonds. The Hall–Kier alpha value is -0.240. The Morgan fingerprint density at radius 3 is 2.60 bits per heavy atom. The van der Waals surface area contributed by atoms with Crippen molar-refractivity contribution in [2.24, 2.45) is 5.92 Å². The lowest BCUT2D eigenvalue weighted by Gasteiger charge is -2.13. The van der Waals surface area contributed by atoms with Crippen LogP contribution in [-0.4, -0.2) is 11.7 Å². The first kappa shape index (κ1) is 12.8. The highest BCUT2D eigenvalue weighted by Gasteiger charge is 2.10. The summed E-state index contributed by atoms with van der Waals surface area (Å²) in [5, 5.41) is 10.5. The Bertz CT molecular complexity index is 312. The summed E-state index contributed by atoms with van der Waals surface area (Å²) >= 11 is 11.9. The fraction of sp³-hybridized carbons (Fsp3) is 0.500. The molecule has 0 aliphatic carbocycles. The molecule has 1 unspecified atom stereocenters. The van der Waals surface area contributed by atoms with E-state index in [1.165, 1.54) is 0 Å². The second kappa shape index (κ2) is 6.37. The van der Waals surface area contributed by atoms with Crippen LogP contribution in [-0.2, 0) is 6.42 Å². The van der Waals surface area contributed by atoms with Crippen LogP contribution in [0.15, 0.2) is 18.2 Å². The van der Waals surface area contributed by atoms with E-state index in [-0.39, 0.29) is 6.61 Å².